The Bertz CT molecular complexity index is 800. The molecule has 0 spiro atoms. The summed E-state index contributed by atoms with van der Waals surface area (Å²) < 4.78 is 0. The van der Waals surface area contributed by atoms with E-state index >= 15 is 0 Å². The fourth-order valence-electron chi connectivity index (χ4n) is 3.09. The van der Waals surface area contributed by atoms with E-state index in [1.165, 1.54) is 0 Å². The number of hydrogen-bond donors (Lipinski definition) is 8. The van der Waals surface area contributed by atoms with Crippen LogP contribution in [0.25, 0.3) is 0 Å². The van der Waals surface area contributed by atoms with Crippen molar-refractivity contribution in [3.8, 4) is 0 Å². The highest BCUT2D eigenvalue weighted by atomic mass is 16.4. The standard InChI is InChI=1S/C22H41N7O7/c1-5-12(4)17(20(34)28-14(21(35)36)8-9-15(30)31)29-18(32)13(7-6-10-26-22(24)25)27-19(33)16(23)11(2)3/h11-14,16-17H,5-10,23H2,1-4H3,(H,27,33)(H,28,34)(H,29,32)(H,30,31)(H,35,36)(H4,24,25,26). The van der Waals surface area contributed by atoms with Gasteiger partial charge in [0.2, 0.25) is 17.7 Å². The predicted molar refractivity (Wildman–Crippen MR) is 132 cm³/mol. The molecule has 0 heterocycles. The molecule has 206 valence electrons. The van der Waals surface area contributed by atoms with Crippen LogP contribution in [0.2, 0.25) is 0 Å². The summed E-state index contributed by atoms with van der Waals surface area (Å²) in [5.41, 5.74) is 16.5. The maximum Gasteiger partial charge on any atom is 0.326 e. The van der Waals surface area contributed by atoms with Crippen LogP contribution in [-0.2, 0) is 24.0 Å². The number of hydrogen-bond acceptors (Lipinski definition) is 7. The van der Waals surface area contributed by atoms with Crippen LogP contribution in [0.1, 0.15) is 59.8 Å². The van der Waals surface area contributed by atoms with Crippen LogP contribution in [0, 0.1) is 11.8 Å². The number of nitrogens with two attached hydrogens (primary N) is 3. The zero-order chi connectivity index (χ0) is 28.0. The van der Waals surface area contributed by atoms with Crippen molar-refractivity contribution in [3.05, 3.63) is 0 Å². The minimum atomic E-state index is -1.45. The molecule has 0 radical (unpaired) electrons. The van der Waals surface area contributed by atoms with Crippen molar-refractivity contribution in [2.24, 2.45) is 34.0 Å². The average Bonchev–Trinajstić information content (AvgIpc) is 2.79. The Morgan fingerprint density at radius 2 is 1.44 bits per heavy atom. The monoisotopic (exact) mass is 515 g/mol. The van der Waals surface area contributed by atoms with Gasteiger partial charge in [-0.25, -0.2) is 4.79 Å². The van der Waals surface area contributed by atoms with Crippen LogP contribution >= 0.6 is 0 Å². The smallest absolute Gasteiger partial charge is 0.326 e. The molecule has 5 unspecified atom stereocenters. The Morgan fingerprint density at radius 3 is 1.92 bits per heavy atom. The van der Waals surface area contributed by atoms with Crippen LogP contribution in [0.4, 0.5) is 0 Å². The first-order chi connectivity index (χ1) is 16.7. The van der Waals surface area contributed by atoms with Crippen molar-refractivity contribution in [2.45, 2.75) is 84.0 Å². The van der Waals surface area contributed by atoms with Crippen LogP contribution < -0.4 is 33.2 Å². The molecule has 0 aliphatic carbocycles. The van der Waals surface area contributed by atoms with E-state index in [0.29, 0.717) is 12.8 Å². The lowest BCUT2D eigenvalue weighted by molar-refractivity contribution is -0.143. The van der Waals surface area contributed by atoms with E-state index in [1.807, 2.05) is 0 Å². The Labute approximate surface area is 210 Å². The fraction of sp³-hybridized carbons (Fsp3) is 0.727. The van der Waals surface area contributed by atoms with Gasteiger partial charge in [0.15, 0.2) is 5.96 Å². The van der Waals surface area contributed by atoms with Gasteiger partial charge in [0.25, 0.3) is 0 Å². The summed E-state index contributed by atoms with van der Waals surface area (Å²) in [5.74, 6) is -5.30. The van der Waals surface area contributed by atoms with E-state index < -0.39 is 66.2 Å². The van der Waals surface area contributed by atoms with Crippen molar-refractivity contribution in [3.63, 3.8) is 0 Å². The molecule has 0 aromatic rings. The lowest BCUT2D eigenvalue weighted by atomic mass is 9.96. The van der Waals surface area contributed by atoms with E-state index in [9.17, 15) is 29.1 Å². The first-order valence-electron chi connectivity index (χ1n) is 11.9. The summed E-state index contributed by atoms with van der Waals surface area (Å²) >= 11 is 0. The normalized spacial score (nSPS) is 15.1. The van der Waals surface area contributed by atoms with Gasteiger partial charge in [0.1, 0.15) is 18.1 Å². The van der Waals surface area contributed by atoms with E-state index in [-0.39, 0.29) is 31.3 Å². The number of aliphatic carboxylic acids is 2. The van der Waals surface area contributed by atoms with Crippen LogP contribution in [0.5, 0.6) is 0 Å². The van der Waals surface area contributed by atoms with Gasteiger partial charge in [0.05, 0.1) is 6.04 Å². The highest BCUT2D eigenvalue weighted by molar-refractivity contribution is 5.94. The SMILES string of the molecule is CCC(C)C(NC(=O)C(CCCN=C(N)N)NC(=O)C(N)C(C)C)C(=O)NC(CCC(=O)O)C(=O)O. The van der Waals surface area contributed by atoms with Crippen LogP contribution in [0.15, 0.2) is 4.99 Å². The number of nitrogens with one attached hydrogen (secondary N) is 3. The first-order valence-corrected chi connectivity index (χ1v) is 11.9. The Balaban J connectivity index is 5.66. The summed E-state index contributed by atoms with van der Waals surface area (Å²) in [7, 11) is 0. The number of carbonyl (C=O) groups is 5. The number of rotatable bonds is 17. The Morgan fingerprint density at radius 1 is 0.861 bits per heavy atom. The summed E-state index contributed by atoms with van der Waals surface area (Å²) in [6.07, 6.45) is 0.157. The molecule has 0 aromatic carbocycles. The molecule has 14 heteroatoms. The lowest BCUT2D eigenvalue weighted by Crippen LogP contribution is -2.59. The molecular weight excluding hydrogens is 474 g/mol. The molecule has 0 fully saturated rings. The van der Waals surface area contributed by atoms with Crippen LogP contribution in [0.3, 0.4) is 0 Å². The second-order valence-electron chi connectivity index (χ2n) is 8.98. The third kappa shape index (κ3) is 12.3. The quantitative estimate of drug-likeness (QED) is 0.0630. The maximum atomic E-state index is 13.1. The highest BCUT2D eigenvalue weighted by Crippen LogP contribution is 2.11. The van der Waals surface area contributed by atoms with E-state index in [0.717, 1.165) is 0 Å². The number of carboxylic acids is 2. The van der Waals surface area contributed by atoms with E-state index in [1.54, 1.807) is 27.7 Å². The molecule has 0 saturated carbocycles. The molecule has 5 atom stereocenters. The zero-order valence-electron chi connectivity index (χ0n) is 21.3. The molecule has 36 heavy (non-hydrogen) atoms. The summed E-state index contributed by atoms with van der Waals surface area (Å²) in [4.78, 5) is 64.7. The van der Waals surface area contributed by atoms with Crippen LogP contribution in [-0.4, -0.2) is 76.5 Å². The number of amides is 3. The lowest BCUT2D eigenvalue weighted by Gasteiger charge is -2.28. The summed E-state index contributed by atoms with van der Waals surface area (Å²) in [6, 6.07) is -4.50. The highest BCUT2D eigenvalue weighted by Gasteiger charge is 2.33. The molecule has 11 N–H and O–H groups in total. The minimum Gasteiger partial charge on any atom is -0.481 e. The van der Waals surface area contributed by atoms with Crippen molar-refractivity contribution in [1.29, 1.82) is 0 Å². The van der Waals surface area contributed by atoms with E-state index in [4.69, 9.17) is 22.3 Å². The van der Waals surface area contributed by atoms with E-state index in [2.05, 4.69) is 20.9 Å². The minimum absolute atomic E-state index is 0.119. The summed E-state index contributed by atoms with van der Waals surface area (Å²) in [6.45, 7) is 7.19. The van der Waals surface area contributed by atoms with Gasteiger partial charge in [-0.2, -0.15) is 0 Å². The summed E-state index contributed by atoms with van der Waals surface area (Å²) in [5, 5.41) is 25.7. The number of nitrogens with zero attached hydrogens (tertiary/aromatic N) is 1. The largest absolute Gasteiger partial charge is 0.481 e. The molecule has 0 saturated heterocycles. The number of carbonyl (C=O) groups excluding carboxylic acids is 3. The van der Waals surface area contributed by atoms with Crippen molar-refractivity contribution >= 4 is 35.6 Å². The third-order valence-corrected chi connectivity index (χ3v) is 5.65. The maximum absolute atomic E-state index is 13.1. The fourth-order valence-corrected chi connectivity index (χ4v) is 3.09. The van der Waals surface area contributed by atoms with Gasteiger partial charge < -0.3 is 43.4 Å². The van der Waals surface area contributed by atoms with Crippen molar-refractivity contribution < 1.29 is 34.2 Å². The van der Waals surface area contributed by atoms with Gasteiger partial charge in [-0.05, 0) is 31.1 Å². The van der Waals surface area contributed by atoms with Gasteiger partial charge in [-0.15, -0.1) is 0 Å². The predicted octanol–water partition coefficient (Wildman–Crippen LogP) is -1.53. The first kappa shape index (κ1) is 32.6. The molecule has 14 nitrogen and oxygen atoms in total. The molecule has 0 aromatic heterocycles. The topological polar surface area (TPSA) is 252 Å². The van der Waals surface area contributed by atoms with Gasteiger partial charge in [0, 0.05) is 13.0 Å². The number of guanidine groups is 1. The molecule has 0 aliphatic rings. The molecular formula is C22H41N7O7. The Kier molecular flexibility index (Phi) is 14.7. The third-order valence-electron chi connectivity index (χ3n) is 5.65. The van der Waals surface area contributed by atoms with Crippen molar-refractivity contribution in [2.75, 3.05) is 6.54 Å². The number of carboxylic acid groups (broad SMARTS) is 2. The second kappa shape index (κ2) is 16.3. The Hall–Kier alpha value is -3.42. The van der Waals surface area contributed by atoms with Gasteiger partial charge in [-0.3, -0.25) is 24.2 Å². The second-order valence-corrected chi connectivity index (χ2v) is 8.98. The number of aliphatic imine (C=N–C) groups is 1. The molecule has 0 aliphatic heterocycles. The van der Waals surface area contributed by atoms with Gasteiger partial charge >= 0.3 is 11.9 Å². The molecule has 3 amide bonds. The average molecular weight is 516 g/mol. The van der Waals surface area contributed by atoms with Crippen molar-refractivity contribution in [1.82, 2.24) is 16.0 Å². The van der Waals surface area contributed by atoms with Gasteiger partial charge in [-0.1, -0.05) is 34.1 Å². The molecule has 0 bridgehead atoms. The zero-order valence-corrected chi connectivity index (χ0v) is 21.3. The molecule has 0 rings (SSSR count).